The fraction of sp³-hybridized carbons (Fsp3) is 1.00. The van der Waals surface area contributed by atoms with E-state index in [1.165, 1.54) is 0 Å². The lowest BCUT2D eigenvalue weighted by atomic mass is 10.3. The molecule has 0 bridgehead atoms. The highest BCUT2D eigenvalue weighted by Gasteiger charge is 2.20. The smallest absolute Gasteiger partial charge is 0.140 e. The van der Waals surface area contributed by atoms with Crippen LogP contribution in [0, 0.1) is 0 Å². The van der Waals surface area contributed by atoms with E-state index in [1.54, 1.807) is 14.2 Å². The van der Waals surface area contributed by atoms with Crippen LogP contribution in [0.4, 0.5) is 0 Å². The first-order valence-electron chi connectivity index (χ1n) is 3.39. The van der Waals surface area contributed by atoms with Crippen LogP contribution < -0.4 is 0 Å². The average Bonchev–Trinajstić information content (AvgIpc) is 2.00. The molecule has 0 amide bonds. The zero-order valence-electron chi connectivity index (χ0n) is 6.89. The van der Waals surface area contributed by atoms with Gasteiger partial charge >= 0.3 is 0 Å². The van der Waals surface area contributed by atoms with Gasteiger partial charge in [-0.25, -0.2) is 0 Å². The molecule has 0 atom stereocenters. The number of rotatable bonds is 5. The summed E-state index contributed by atoms with van der Waals surface area (Å²) in [5.41, 5.74) is -0.275. The molecular weight excluding hydrogens is 164 g/mol. The van der Waals surface area contributed by atoms with Crippen molar-refractivity contribution in [1.29, 1.82) is 0 Å². The third kappa shape index (κ3) is 3.61. The highest BCUT2D eigenvalue weighted by Crippen LogP contribution is 2.13. The zero-order chi connectivity index (χ0) is 8.04. The van der Waals surface area contributed by atoms with Crippen molar-refractivity contribution in [1.82, 2.24) is 0 Å². The van der Waals surface area contributed by atoms with E-state index in [2.05, 4.69) is 12.6 Å². The second-order valence-electron chi connectivity index (χ2n) is 2.37. The number of methoxy groups -OCH3 is 2. The molecule has 62 valence electrons. The van der Waals surface area contributed by atoms with Crippen molar-refractivity contribution >= 4 is 22.9 Å². The fourth-order valence-electron chi connectivity index (χ4n) is 0.688. The fourth-order valence-corrected chi connectivity index (χ4v) is 1.20. The molecule has 0 rings (SSSR count). The summed E-state index contributed by atoms with van der Waals surface area (Å²) in [6.45, 7) is 0. The number of ether oxygens (including phenoxy) is 2. The van der Waals surface area contributed by atoms with Crippen molar-refractivity contribution in [3.63, 3.8) is 0 Å². The largest absolute Gasteiger partial charge is 0.358 e. The predicted octanol–water partition coefficient (Wildman–Crippen LogP) is 0.00840. The van der Waals surface area contributed by atoms with Gasteiger partial charge in [-0.15, -0.1) is 0 Å². The predicted molar refractivity (Wildman–Crippen MR) is 49.8 cm³/mol. The summed E-state index contributed by atoms with van der Waals surface area (Å²) in [6, 6.07) is 0. The van der Waals surface area contributed by atoms with E-state index in [0.29, 0.717) is 0 Å². The normalized spacial score (nSPS) is 12.3. The minimum Gasteiger partial charge on any atom is -0.358 e. The monoisotopic (exact) mass is 180 g/mol. The molecule has 4 heteroatoms. The lowest BCUT2D eigenvalue weighted by Crippen LogP contribution is -2.34. The molecule has 0 radical (unpaired) electrons. The summed E-state index contributed by atoms with van der Waals surface area (Å²) in [7, 11) is 4.28. The van der Waals surface area contributed by atoms with Gasteiger partial charge in [-0.2, -0.15) is 12.6 Å². The first kappa shape index (κ1) is 10.5. The van der Waals surface area contributed by atoms with Crippen LogP contribution in [0.3, 0.4) is 0 Å². The van der Waals surface area contributed by atoms with Crippen molar-refractivity contribution in [3.8, 4) is 0 Å². The average molecular weight is 180 g/mol. The highest BCUT2D eigenvalue weighted by atomic mass is 32.1. The first-order valence-corrected chi connectivity index (χ1v) is 5.03. The van der Waals surface area contributed by atoms with Gasteiger partial charge in [0.25, 0.3) is 0 Å². The van der Waals surface area contributed by atoms with Crippen LogP contribution in [0.25, 0.3) is 0 Å². The van der Waals surface area contributed by atoms with Crippen molar-refractivity contribution in [3.05, 3.63) is 0 Å². The molecule has 0 aliphatic rings. The minimum absolute atomic E-state index is 0.275. The van der Waals surface area contributed by atoms with E-state index in [-0.39, 0.29) is 5.41 Å². The highest BCUT2D eigenvalue weighted by molar-refractivity contribution is 7.80. The van der Waals surface area contributed by atoms with Gasteiger partial charge in [0, 0.05) is 14.2 Å². The van der Waals surface area contributed by atoms with E-state index >= 15 is 0 Å². The molecule has 0 heterocycles. The van der Waals surface area contributed by atoms with Crippen LogP contribution in [0.5, 0.6) is 0 Å². The second kappa shape index (κ2) is 5.18. The Morgan fingerprint density at radius 3 is 2.20 bits per heavy atom. The summed E-state index contributed by atoms with van der Waals surface area (Å²) < 4.78 is 10.4. The summed E-state index contributed by atoms with van der Waals surface area (Å²) in [4.78, 5) is 0. The van der Waals surface area contributed by atoms with Gasteiger partial charge in [-0.05, 0) is 18.6 Å². The molecule has 10 heavy (non-hydrogen) atoms. The topological polar surface area (TPSA) is 18.5 Å². The Bertz CT molecular complexity index is 85.8. The van der Waals surface area contributed by atoms with Crippen LogP contribution in [0.15, 0.2) is 0 Å². The third-order valence-electron chi connectivity index (χ3n) is 1.65. The molecule has 0 aromatic carbocycles. The molecule has 0 saturated carbocycles. The van der Waals surface area contributed by atoms with E-state index in [0.717, 1.165) is 28.8 Å². The van der Waals surface area contributed by atoms with Crippen LogP contribution >= 0.6 is 12.6 Å². The number of hydrogen-bond acceptors (Lipinski definition) is 3. The Balaban J connectivity index is 3.58. The SMILES string of the molecule is COC([SiH3])(CCCS)OC. The van der Waals surface area contributed by atoms with Gasteiger partial charge in [0.1, 0.15) is 5.41 Å². The van der Waals surface area contributed by atoms with E-state index in [1.807, 2.05) is 0 Å². The second-order valence-corrected chi connectivity index (χ2v) is 4.34. The molecule has 0 N–H and O–H groups in total. The molecule has 0 aromatic heterocycles. The lowest BCUT2D eigenvalue weighted by molar-refractivity contribution is -0.145. The number of hydrogen-bond donors (Lipinski definition) is 1. The standard InChI is InChI=1S/C6H16O2SSi/c1-7-6(10,8-2)4-3-5-9/h9H,3-5H2,1-2,10H3. The minimum atomic E-state index is -0.275. The quantitative estimate of drug-likeness (QED) is 0.365. The Hall–Kier alpha value is 0.487. The van der Waals surface area contributed by atoms with Gasteiger partial charge in [-0.3, -0.25) is 0 Å². The van der Waals surface area contributed by atoms with Crippen molar-refractivity contribution in [2.24, 2.45) is 0 Å². The van der Waals surface area contributed by atoms with Crippen LogP contribution in [0.1, 0.15) is 12.8 Å². The summed E-state index contributed by atoms with van der Waals surface area (Å²) in [5.74, 6) is 0.900. The van der Waals surface area contributed by atoms with E-state index < -0.39 is 0 Å². The summed E-state index contributed by atoms with van der Waals surface area (Å²) in [5, 5.41) is 0. The Morgan fingerprint density at radius 2 is 1.90 bits per heavy atom. The first-order chi connectivity index (χ1) is 4.68. The summed E-state index contributed by atoms with van der Waals surface area (Å²) >= 11 is 4.11. The maximum Gasteiger partial charge on any atom is 0.140 e. The maximum absolute atomic E-state index is 5.19. The molecule has 0 fully saturated rings. The van der Waals surface area contributed by atoms with E-state index in [4.69, 9.17) is 9.47 Å². The molecule has 2 nitrogen and oxygen atoms in total. The van der Waals surface area contributed by atoms with Gasteiger partial charge in [-0.1, -0.05) is 0 Å². The molecule has 0 spiro atoms. The third-order valence-corrected chi connectivity index (χ3v) is 3.29. The number of thiol groups is 1. The van der Waals surface area contributed by atoms with Crippen LogP contribution in [-0.2, 0) is 9.47 Å². The van der Waals surface area contributed by atoms with Gasteiger partial charge in [0.05, 0.1) is 10.2 Å². The molecule has 0 aliphatic heterocycles. The Labute approximate surface area is 71.1 Å². The van der Waals surface area contributed by atoms with Crippen molar-refractivity contribution < 1.29 is 9.47 Å². The zero-order valence-corrected chi connectivity index (χ0v) is 9.78. The van der Waals surface area contributed by atoms with E-state index in [9.17, 15) is 0 Å². The molecule has 0 aromatic rings. The molecule has 0 saturated heterocycles. The molecule has 0 unspecified atom stereocenters. The molecular formula is C6H16O2SSi. The lowest BCUT2D eigenvalue weighted by Gasteiger charge is -2.26. The van der Waals surface area contributed by atoms with Gasteiger partial charge in [0.15, 0.2) is 0 Å². The van der Waals surface area contributed by atoms with Crippen molar-refractivity contribution in [2.75, 3.05) is 20.0 Å². The van der Waals surface area contributed by atoms with Gasteiger partial charge < -0.3 is 9.47 Å². The van der Waals surface area contributed by atoms with Crippen LogP contribution in [-0.4, -0.2) is 35.6 Å². The Morgan fingerprint density at radius 1 is 1.40 bits per heavy atom. The van der Waals surface area contributed by atoms with Crippen molar-refractivity contribution in [2.45, 2.75) is 18.3 Å². The maximum atomic E-state index is 5.19. The Kier molecular flexibility index (Phi) is 5.43. The van der Waals surface area contributed by atoms with Gasteiger partial charge in [0.2, 0.25) is 0 Å². The molecule has 0 aliphatic carbocycles. The summed E-state index contributed by atoms with van der Waals surface area (Å²) in [6.07, 6.45) is 2.00. The van der Waals surface area contributed by atoms with Crippen LogP contribution in [0.2, 0.25) is 0 Å².